The average Bonchev–Trinajstić information content (AvgIpc) is 2.76. The van der Waals surface area contributed by atoms with Crippen LogP contribution in [0.5, 0.6) is 0 Å². The molecule has 1 aliphatic heterocycles. The average molecular weight is 264 g/mol. The molecule has 0 unspecified atom stereocenters. The summed E-state index contributed by atoms with van der Waals surface area (Å²) in [6, 6.07) is 10.3. The third kappa shape index (κ3) is 1.96. The predicted octanol–water partition coefficient (Wildman–Crippen LogP) is 4.32. The van der Waals surface area contributed by atoms with E-state index in [1.165, 1.54) is 21.6 Å². The summed E-state index contributed by atoms with van der Waals surface area (Å²) in [5.41, 5.74) is 4.46. The van der Waals surface area contributed by atoms with E-state index in [-0.39, 0.29) is 0 Å². The Hall–Kier alpha value is -1.32. The number of oxime groups is 1. The van der Waals surface area contributed by atoms with E-state index in [9.17, 15) is 0 Å². The Kier molecular flexibility index (Phi) is 2.65. The van der Waals surface area contributed by atoms with Crippen molar-refractivity contribution in [1.82, 2.24) is 0 Å². The molecule has 1 aromatic heterocycles. The van der Waals surface area contributed by atoms with Gasteiger partial charge in [-0.1, -0.05) is 28.9 Å². The fraction of sp³-hybridized carbons (Fsp3) is 0.154. The van der Waals surface area contributed by atoms with E-state index < -0.39 is 0 Å². The molecule has 0 N–H and O–H groups in total. The Bertz CT molecular complexity index is 603. The minimum Gasteiger partial charge on any atom is -0.391 e. The monoisotopic (exact) mass is 263 g/mol. The summed E-state index contributed by atoms with van der Waals surface area (Å²) < 4.78 is 0.812. The van der Waals surface area contributed by atoms with Crippen LogP contribution >= 0.6 is 22.9 Å². The molecule has 17 heavy (non-hydrogen) atoms. The van der Waals surface area contributed by atoms with Gasteiger partial charge in [-0.2, -0.15) is 0 Å². The highest BCUT2D eigenvalue weighted by Crippen LogP contribution is 2.32. The Labute approximate surface area is 108 Å². The molecule has 0 saturated carbocycles. The lowest BCUT2D eigenvalue weighted by Crippen LogP contribution is -2.08. The maximum absolute atomic E-state index is 5.95. The molecule has 0 fully saturated rings. The summed E-state index contributed by atoms with van der Waals surface area (Å²) in [4.78, 5) is 6.35. The molecule has 1 aromatic carbocycles. The second kappa shape index (κ2) is 4.17. The molecule has 2 aromatic rings. The van der Waals surface area contributed by atoms with E-state index in [2.05, 4.69) is 23.4 Å². The van der Waals surface area contributed by atoms with Crippen LogP contribution < -0.4 is 0 Å². The van der Waals surface area contributed by atoms with Gasteiger partial charge in [0.05, 0.1) is 10.0 Å². The molecule has 0 saturated heterocycles. The molecule has 4 heteroatoms. The molecule has 0 radical (unpaired) electrons. The molecule has 0 bridgehead atoms. The first kappa shape index (κ1) is 10.8. The summed E-state index contributed by atoms with van der Waals surface area (Å²) >= 11 is 7.54. The van der Waals surface area contributed by atoms with E-state index in [1.807, 2.05) is 19.1 Å². The zero-order valence-electron chi connectivity index (χ0n) is 9.24. The van der Waals surface area contributed by atoms with Crippen molar-refractivity contribution >= 4 is 28.6 Å². The summed E-state index contributed by atoms with van der Waals surface area (Å²) in [5.74, 6) is 0. The lowest BCUT2D eigenvalue weighted by atomic mass is 10.00. The molecule has 0 atom stereocenters. The van der Waals surface area contributed by atoms with Crippen LogP contribution in [0, 0.1) is 0 Å². The molecule has 86 valence electrons. The fourth-order valence-corrected chi connectivity index (χ4v) is 2.98. The normalized spacial score (nSPS) is 13.9. The summed E-state index contributed by atoms with van der Waals surface area (Å²) in [6.45, 7) is 2.50. The number of benzene rings is 1. The third-order valence-corrected chi connectivity index (χ3v) is 4.05. The minimum absolute atomic E-state index is 0.541. The van der Waals surface area contributed by atoms with Crippen molar-refractivity contribution in [2.24, 2.45) is 5.16 Å². The van der Waals surface area contributed by atoms with Gasteiger partial charge < -0.3 is 4.84 Å². The van der Waals surface area contributed by atoms with Gasteiger partial charge in [0.1, 0.15) is 6.61 Å². The van der Waals surface area contributed by atoms with Crippen LogP contribution in [0.25, 0.3) is 10.4 Å². The Morgan fingerprint density at radius 1 is 1.29 bits per heavy atom. The van der Waals surface area contributed by atoms with Crippen molar-refractivity contribution in [3.05, 3.63) is 45.8 Å². The highest BCUT2D eigenvalue weighted by atomic mass is 35.5. The van der Waals surface area contributed by atoms with Crippen LogP contribution in [0.1, 0.15) is 18.1 Å². The van der Waals surface area contributed by atoms with Crippen LogP contribution in [0.2, 0.25) is 4.34 Å². The maximum atomic E-state index is 5.95. The van der Waals surface area contributed by atoms with Crippen molar-refractivity contribution in [2.75, 3.05) is 0 Å². The fourth-order valence-electron chi connectivity index (χ4n) is 1.94. The van der Waals surface area contributed by atoms with Gasteiger partial charge in [0, 0.05) is 16.0 Å². The van der Waals surface area contributed by atoms with Crippen molar-refractivity contribution in [1.29, 1.82) is 0 Å². The molecule has 3 rings (SSSR count). The lowest BCUT2D eigenvalue weighted by molar-refractivity contribution is 0.126. The molecular weight excluding hydrogens is 254 g/mol. The quantitative estimate of drug-likeness (QED) is 0.751. The molecule has 2 nitrogen and oxygen atoms in total. The van der Waals surface area contributed by atoms with Gasteiger partial charge in [-0.3, -0.25) is 0 Å². The van der Waals surface area contributed by atoms with E-state index >= 15 is 0 Å². The Balaban J connectivity index is 2.07. The minimum atomic E-state index is 0.541. The smallest absolute Gasteiger partial charge is 0.143 e. The number of rotatable bonds is 1. The van der Waals surface area contributed by atoms with E-state index in [0.717, 1.165) is 10.0 Å². The predicted molar refractivity (Wildman–Crippen MR) is 71.8 cm³/mol. The van der Waals surface area contributed by atoms with Gasteiger partial charge in [0.15, 0.2) is 0 Å². The van der Waals surface area contributed by atoms with Gasteiger partial charge in [0.2, 0.25) is 0 Å². The van der Waals surface area contributed by atoms with E-state index in [0.29, 0.717) is 6.61 Å². The SMILES string of the molecule is CC1=NOCc2cc(-c3ccc(Cl)s3)ccc21. The second-order valence-corrected chi connectivity index (χ2v) is 5.64. The number of nitrogens with zero attached hydrogens (tertiary/aromatic N) is 1. The highest BCUT2D eigenvalue weighted by molar-refractivity contribution is 7.19. The summed E-state index contributed by atoms with van der Waals surface area (Å²) in [7, 11) is 0. The topological polar surface area (TPSA) is 21.6 Å². The van der Waals surface area contributed by atoms with Crippen molar-refractivity contribution in [2.45, 2.75) is 13.5 Å². The van der Waals surface area contributed by atoms with Crippen molar-refractivity contribution in [3.63, 3.8) is 0 Å². The Morgan fingerprint density at radius 2 is 2.18 bits per heavy atom. The van der Waals surface area contributed by atoms with Crippen LogP contribution in [0.3, 0.4) is 0 Å². The summed E-state index contributed by atoms with van der Waals surface area (Å²) in [5, 5.41) is 3.98. The lowest BCUT2D eigenvalue weighted by Gasteiger charge is -2.14. The first-order chi connectivity index (χ1) is 8.24. The highest BCUT2D eigenvalue weighted by Gasteiger charge is 2.13. The van der Waals surface area contributed by atoms with Gasteiger partial charge in [0.25, 0.3) is 0 Å². The first-order valence-corrected chi connectivity index (χ1v) is 6.49. The van der Waals surface area contributed by atoms with Crippen molar-refractivity contribution < 1.29 is 4.84 Å². The Morgan fingerprint density at radius 3 is 2.94 bits per heavy atom. The number of fused-ring (bicyclic) bond motifs is 1. The first-order valence-electron chi connectivity index (χ1n) is 5.29. The van der Waals surface area contributed by atoms with Crippen LogP contribution in [-0.4, -0.2) is 5.71 Å². The van der Waals surface area contributed by atoms with Crippen molar-refractivity contribution in [3.8, 4) is 10.4 Å². The zero-order chi connectivity index (χ0) is 11.8. The zero-order valence-corrected chi connectivity index (χ0v) is 10.8. The number of hydrogen-bond donors (Lipinski definition) is 0. The third-order valence-electron chi connectivity index (χ3n) is 2.77. The van der Waals surface area contributed by atoms with Gasteiger partial charge >= 0.3 is 0 Å². The molecule has 1 aliphatic rings. The van der Waals surface area contributed by atoms with Gasteiger partial charge in [-0.25, -0.2) is 0 Å². The summed E-state index contributed by atoms with van der Waals surface area (Å²) in [6.07, 6.45) is 0. The number of thiophene rings is 1. The van der Waals surface area contributed by atoms with E-state index in [1.54, 1.807) is 11.3 Å². The molecule has 2 heterocycles. The van der Waals surface area contributed by atoms with Gasteiger partial charge in [-0.05, 0) is 30.7 Å². The van der Waals surface area contributed by atoms with Crippen LogP contribution in [-0.2, 0) is 11.4 Å². The van der Waals surface area contributed by atoms with Crippen LogP contribution in [0.15, 0.2) is 35.5 Å². The van der Waals surface area contributed by atoms with Gasteiger partial charge in [-0.15, -0.1) is 11.3 Å². The number of hydrogen-bond acceptors (Lipinski definition) is 3. The number of halogens is 1. The molecule has 0 amide bonds. The molecule has 0 spiro atoms. The largest absolute Gasteiger partial charge is 0.391 e. The molecular formula is C13H10ClNOS. The van der Waals surface area contributed by atoms with E-state index in [4.69, 9.17) is 16.4 Å². The maximum Gasteiger partial charge on any atom is 0.143 e. The molecule has 0 aliphatic carbocycles. The standard InChI is InChI=1S/C13H10ClNOS/c1-8-11-3-2-9(6-10(11)7-16-15-8)12-4-5-13(14)17-12/h2-6H,7H2,1H3. The second-order valence-electron chi connectivity index (χ2n) is 3.93. The van der Waals surface area contributed by atoms with Crippen LogP contribution in [0.4, 0.5) is 0 Å².